The van der Waals surface area contributed by atoms with Gasteiger partial charge in [0.1, 0.15) is 7.85 Å². The van der Waals surface area contributed by atoms with Gasteiger partial charge in [-0.15, -0.1) is 0 Å². The second kappa shape index (κ2) is 4.93. The Kier molecular flexibility index (Phi) is 3.09. The van der Waals surface area contributed by atoms with E-state index >= 15 is 0 Å². The molecule has 3 heterocycles. The van der Waals surface area contributed by atoms with Gasteiger partial charge < -0.3 is 10.2 Å². The van der Waals surface area contributed by atoms with Crippen LogP contribution in [0.1, 0.15) is 39.9 Å². The molecule has 0 aromatic heterocycles. The first-order chi connectivity index (χ1) is 11.0. The fourth-order valence-corrected chi connectivity index (χ4v) is 3.70. The molecule has 1 aromatic carbocycles. The minimum atomic E-state index is -1.45. The molecule has 7 heteroatoms. The van der Waals surface area contributed by atoms with Gasteiger partial charge in [-0.3, -0.25) is 19.7 Å². The molecule has 0 bridgehead atoms. The maximum absolute atomic E-state index is 13.0. The van der Waals surface area contributed by atoms with Gasteiger partial charge in [0.15, 0.2) is 0 Å². The van der Waals surface area contributed by atoms with Crippen LogP contribution in [0, 0.1) is 0 Å². The second-order valence-electron chi connectivity index (χ2n) is 6.36. The lowest BCUT2D eigenvalue weighted by atomic mass is 9.70. The molecule has 6 nitrogen and oxygen atoms in total. The molecule has 1 fully saturated rings. The number of imide groups is 1. The first kappa shape index (κ1) is 14.4. The first-order valence-electron chi connectivity index (χ1n) is 7.80. The molecule has 0 saturated carbocycles. The number of carbonyl (C=O) groups is 3. The quantitative estimate of drug-likeness (QED) is 0.546. The lowest BCUT2D eigenvalue weighted by molar-refractivity contribution is -0.138. The number of hydrogen-bond acceptors (Lipinski definition) is 4. The Balaban J connectivity index is 1.73. The molecule has 0 spiro atoms. The summed E-state index contributed by atoms with van der Waals surface area (Å²) in [5, 5.41) is 5.54. The largest absolute Gasteiger partial charge is 0.328 e. The standard InChI is InChI=1S/C16H16BN3O3/c17-16(5-3-12(21)19-15(16)23)20-8-10-2-1-9-7-18-6-4-11(9)13(10)14(20)22/h1-2,18H,3-8H2,(H,19,21,23). The van der Waals surface area contributed by atoms with Crippen molar-refractivity contribution in [3.8, 4) is 0 Å². The summed E-state index contributed by atoms with van der Waals surface area (Å²) in [6, 6.07) is 3.97. The molecule has 1 unspecified atom stereocenters. The molecular weight excluding hydrogens is 293 g/mol. The van der Waals surface area contributed by atoms with Crippen LogP contribution in [-0.4, -0.2) is 42.5 Å². The van der Waals surface area contributed by atoms with E-state index in [0.29, 0.717) is 12.1 Å². The second-order valence-corrected chi connectivity index (χ2v) is 6.36. The highest BCUT2D eigenvalue weighted by molar-refractivity contribution is 6.32. The summed E-state index contributed by atoms with van der Waals surface area (Å²) < 4.78 is 0. The van der Waals surface area contributed by atoms with E-state index in [0.717, 1.165) is 36.2 Å². The maximum Gasteiger partial charge on any atom is 0.255 e. The van der Waals surface area contributed by atoms with Gasteiger partial charge in [0, 0.05) is 25.1 Å². The highest BCUT2D eigenvalue weighted by Gasteiger charge is 2.48. The van der Waals surface area contributed by atoms with Crippen LogP contribution in [0.3, 0.4) is 0 Å². The molecule has 116 valence electrons. The average molecular weight is 309 g/mol. The number of amides is 3. The molecule has 3 aliphatic heterocycles. The Hall–Kier alpha value is -2.15. The van der Waals surface area contributed by atoms with Crippen LogP contribution >= 0.6 is 0 Å². The predicted molar refractivity (Wildman–Crippen MR) is 82.6 cm³/mol. The van der Waals surface area contributed by atoms with Crippen molar-refractivity contribution in [2.75, 3.05) is 6.54 Å². The van der Waals surface area contributed by atoms with E-state index in [1.165, 1.54) is 4.90 Å². The predicted octanol–water partition coefficient (Wildman–Crippen LogP) is -0.410. The summed E-state index contributed by atoms with van der Waals surface area (Å²) in [6.45, 7) is 1.89. The van der Waals surface area contributed by atoms with Crippen molar-refractivity contribution in [3.05, 3.63) is 34.4 Å². The Labute approximate surface area is 135 Å². The van der Waals surface area contributed by atoms with Gasteiger partial charge in [-0.25, -0.2) is 0 Å². The van der Waals surface area contributed by atoms with Crippen molar-refractivity contribution in [1.29, 1.82) is 0 Å². The molecule has 1 aromatic rings. The monoisotopic (exact) mass is 309 g/mol. The van der Waals surface area contributed by atoms with E-state index in [2.05, 4.69) is 10.6 Å². The zero-order valence-electron chi connectivity index (χ0n) is 12.6. The molecule has 0 aliphatic carbocycles. The van der Waals surface area contributed by atoms with Gasteiger partial charge >= 0.3 is 0 Å². The summed E-state index contributed by atoms with van der Waals surface area (Å²) >= 11 is 0. The topological polar surface area (TPSA) is 78.5 Å². The van der Waals surface area contributed by atoms with Crippen molar-refractivity contribution in [2.45, 2.75) is 37.8 Å². The third-order valence-electron chi connectivity index (χ3n) is 5.01. The lowest BCUT2D eigenvalue weighted by Crippen LogP contribution is -2.63. The van der Waals surface area contributed by atoms with Crippen LogP contribution in [0.2, 0.25) is 0 Å². The highest BCUT2D eigenvalue weighted by Crippen LogP contribution is 2.35. The van der Waals surface area contributed by atoms with Crippen molar-refractivity contribution in [3.63, 3.8) is 0 Å². The van der Waals surface area contributed by atoms with Gasteiger partial charge in [-0.2, -0.15) is 0 Å². The average Bonchev–Trinajstić information content (AvgIpc) is 2.89. The maximum atomic E-state index is 13.0. The lowest BCUT2D eigenvalue weighted by Gasteiger charge is -2.40. The fourth-order valence-electron chi connectivity index (χ4n) is 3.70. The van der Waals surface area contributed by atoms with Crippen LogP contribution in [0.4, 0.5) is 0 Å². The van der Waals surface area contributed by atoms with Crippen LogP contribution in [0.25, 0.3) is 0 Å². The van der Waals surface area contributed by atoms with E-state index < -0.39 is 11.3 Å². The fraction of sp³-hybridized carbons (Fsp3) is 0.438. The van der Waals surface area contributed by atoms with Crippen molar-refractivity contribution in [1.82, 2.24) is 15.5 Å². The molecule has 2 radical (unpaired) electrons. The smallest absolute Gasteiger partial charge is 0.255 e. The van der Waals surface area contributed by atoms with E-state index in [1.807, 2.05) is 12.1 Å². The number of rotatable bonds is 1. The van der Waals surface area contributed by atoms with Crippen molar-refractivity contribution >= 4 is 25.6 Å². The van der Waals surface area contributed by atoms with E-state index in [4.69, 9.17) is 7.85 Å². The number of nitrogens with zero attached hydrogens (tertiary/aromatic N) is 1. The van der Waals surface area contributed by atoms with Crippen LogP contribution < -0.4 is 10.6 Å². The van der Waals surface area contributed by atoms with Gasteiger partial charge in [0.25, 0.3) is 5.91 Å². The zero-order chi connectivity index (χ0) is 16.2. The minimum absolute atomic E-state index is 0.143. The van der Waals surface area contributed by atoms with Crippen molar-refractivity contribution in [2.24, 2.45) is 0 Å². The Bertz CT molecular complexity index is 748. The normalized spacial score (nSPS) is 26.8. The highest BCUT2D eigenvalue weighted by atomic mass is 16.2. The molecule has 3 amide bonds. The molecule has 23 heavy (non-hydrogen) atoms. The zero-order valence-corrected chi connectivity index (χ0v) is 12.6. The number of carbonyl (C=O) groups excluding carboxylic acids is 3. The first-order valence-corrected chi connectivity index (χ1v) is 7.80. The Morgan fingerprint density at radius 2 is 1.91 bits per heavy atom. The number of benzene rings is 1. The number of hydrogen-bond donors (Lipinski definition) is 2. The van der Waals surface area contributed by atoms with Crippen molar-refractivity contribution < 1.29 is 14.4 Å². The third kappa shape index (κ3) is 2.03. The van der Waals surface area contributed by atoms with Gasteiger partial charge in [-0.1, -0.05) is 12.1 Å². The molecule has 1 atom stereocenters. The SMILES string of the molecule is [B]C1(N2Cc3ccc4c(c3C2=O)CCNC4)CCC(=O)NC1=O. The summed E-state index contributed by atoms with van der Waals surface area (Å²) in [6.07, 6.45) is 1.09. The molecule has 3 aliphatic rings. The molecule has 2 N–H and O–H groups in total. The summed E-state index contributed by atoms with van der Waals surface area (Å²) in [5.41, 5.74) is 2.33. The Morgan fingerprint density at radius 3 is 2.70 bits per heavy atom. The van der Waals surface area contributed by atoms with Crippen LogP contribution in [0.15, 0.2) is 12.1 Å². The van der Waals surface area contributed by atoms with E-state index in [9.17, 15) is 14.4 Å². The van der Waals surface area contributed by atoms with E-state index in [1.54, 1.807) is 0 Å². The number of piperidine rings is 1. The minimum Gasteiger partial charge on any atom is -0.328 e. The molecule has 4 rings (SSSR count). The molecule has 1 saturated heterocycles. The number of nitrogens with one attached hydrogen (secondary N) is 2. The number of fused-ring (bicyclic) bond motifs is 3. The summed E-state index contributed by atoms with van der Waals surface area (Å²) in [5.74, 6) is -1.14. The molecular formula is C16H16BN3O3. The van der Waals surface area contributed by atoms with E-state index in [-0.39, 0.29) is 24.7 Å². The van der Waals surface area contributed by atoms with Crippen LogP contribution in [-0.2, 0) is 29.1 Å². The van der Waals surface area contributed by atoms with Crippen LogP contribution in [0.5, 0.6) is 0 Å². The summed E-state index contributed by atoms with van der Waals surface area (Å²) in [4.78, 5) is 38.0. The third-order valence-corrected chi connectivity index (χ3v) is 5.01. The Morgan fingerprint density at radius 1 is 1.13 bits per heavy atom. The summed E-state index contributed by atoms with van der Waals surface area (Å²) in [7, 11) is 6.24. The van der Waals surface area contributed by atoms with Gasteiger partial charge in [0.2, 0.25) is 11.8 Å². The van der Waals surface area contributed by atoms with Gasteiger partial charge in [0.05, 0.1) is 5.44 Å². The van der Waals surface area contributed by atoms with Gasteiger partial charge in [-0.05, 0) is 36.1 Å².